The third-order valence-corrected chi connectivity index (χ3v) is 2.74. The molecule has 0 aliphatic rings. The SMILES string of the molecule is CNCc1ccccc1NC(=O)c1cccc(O)c1. The van der Waals surface area contributed by atoms with E-state index in [1.165, 1.54) is 12.1 Å². The lowest BCUT2D eigenvalue weighted by molar-refractivity contribution is 0.102. The van der Waals surface area contributed by atoms with Gasteiger partial charge in [0.05, 0.1) is 0 Å². The van der Waals surface area contributed by atoms with Gasteiger partial charge < -0.3 is 15.7 Å². The van der Waals surface area contributed by atoms with E-state index in [0.717, 1.165) is 11.3 Å². The first kappa shape index (κ1) is 13.1. The molecule has 1 amide bonds. The molecule has 19 heavy (non-hydrogen) atoms. The van der Waals surface area contributed by atoms with E-state index in [1.54, 1.807) is 12.1 Å². The van der Waals surface area contributed by atoms with E-state index >= 15 is 0 Å². The van der Waals surface area contributed by atoms with Gasteiger partial charge in [-0.3, -0.25) is 4.79 Å². The van der Waals surface area contributed by atoms with Crippen molar-refractivity contribution in [1.82, 2.24) is 5.32 Å². The molecule has 0 atom stereocenters. The number of benzene rings is 2. The minimum absolute atomic E-state index is 0.0798. The predicted molar refractivity (Wildman–Crippen MR) is 75.3 cm³/mol. The Morgan fingerprint density at radius 2 is 1.95 bits per heavy atom. The minimum Gasteiger partial charge on any atom is -0.508 e. The van der Waals surface area contributed by atoms with Crippen LogP contribution < -0.4 is 10.6 Å². The van der Waals surface area contributed by atoms with Crippen molar-refractivity contribution in [1.29, 1.82) is 0 Å². The predicted octanol–water partition coefficient (Wildman–Crippen LogP) is 2.36. The molecule has 0 saturated carbocycles. The van der Waals surface area contributed by atoms with E-state index in [2.05, 4.69) is 10.6 Å². The molecule has 0 saturated heterocycles. The number of para-hydroxylation sites is 1. The van der Waals surface area contributed by atoms with Crippen molar-refractivity contribution in [2.75, 3.05) is 12.4 Å². The van der Waals surface area contributed by atoms with Gasteiger partial charge in [-0.2, -0.15) is 0 Å². The second kappa shape index (κ2) is 6.02. The molecule has 0 spiro atoms. The summed E-state index contributed by atoms with van der Waals surface area (Å²) < 4.78 is 0. The monoisotopic (exact) mass is 256 g/mol. The summed E-state index contributed by atoms with van der Waals surface area (Å²) in [4.78, 5) is 12.1. The topological polar surface area (TPSA) is 61.4 Å². The van der Waals surface area contributed by atoms with Crippen LogP contribution in [0.3, 0.4) is 0 Å². The number of nitrogens with one attached hydrogen (secondary N) is 2. The van der Waals surface area contributed by atoms with Crippen molar-refractivity contribution < 1.29 is 9.90 Å². The van der Waals surface area contributed by atoms with Gasteiger partial charge in [0.15, 0.2) is 0 Å². The van der Waals surface area contributed by atoms with Gasteiger partial charge in [0.1, 0.15) is 5.75 Å². The average Bonchev–Trinajstić information content (AvgIpc) is 2.41. The van der Waals surface area contributed by atoms with Gasteiger partial charge in [-0.15, -0.1) is 0 Å². The lowest BCUT2D eigenvalue weighted by Gasteiger charge is -2.10. The van der Waals surface area contributed by atoms with Crippen LogP contribution in [0.2, 0.25) is 0 Å². The zero-order valence-electron chi connectivity index (χ0n) is 10.7. The van der Waals surface area contributed by atoms with Crippen LogP contribution in [-0.4, -0.2) is 18.1 Å². The Morgan fingerprint density at radius 1 is 1.16 bits per heavy atom. The molecule has 4 heteroatoms. The number of anilines is 1. The molecule has 0 heterocycles. The largest absolute Gasteiger partial charge is 0.508 e. The summed E-state index contributed by atoms with van der Waals surface area (Å²) in [7, 11) is 1.85. The van der Waals surface area contributed by atoms with Crippen LogP contribution in [-0.2, 0) is 6.54 Å². The van der Waals surface area contributed by atoms with Crippen molar-refractivity contribution in [2.24, 2.45) is 0 Å². The number of phenols is 1. The summed E-state index contributed by atoms with van der Waals surface area (Å²) in [6.45, 7) is 0.677. The fourth-order valence-corrected chi connectivity index (χ4v) is 1.83. The second-order valence-corrected chi connectivity index (χ2v) is 4.19. The zero-order valence-corrected chi connectivity index (χ0v) is 10.7. The van der Waals surface area contributed by atoms with Gasteiger partial charge in [-0.1, -0.05) is 24.3 Å². The molecule has 3 N–H and O–H groups in total. The first-order valence-corrected chi connectivity index (χ1v) is 6.03. The summed E-state index contributed by atoms with van der Waals surface area (Å²) in [6, 6.07) is 13.9. The minimum atomic E-state index is -0.237. The molecule has 0 aliphatic heterocycles. The Labute approximate surface area is 112 Å². The highest BCUT2D eigenvalue weighted by atomic mass is 16.3. The fourth-order valence-electron chi connectivity index (χ4n) is 1.83. The molecule has 0 fully saturated rings. The van der Waals surface area contributed by atoms with Crippen LogP contribution in [0, 0.1) is 0 Å². The fraction of sp³-hybridized carbons (Fsp3) is 0.133. The van der Waals surface area contributed by atoms with Crippen LogP contribution in [0.4, 0.5) is 5.69 Å². The van der Waals surface area contributed by atoms with Gasteiger partial charge >= 0.3 is 0 Å². The van der Waals surface area contributed by atoms with Gasteiger partial charge in [0, 0.05) is 17.8 Å². The Bertz CT molecular complexity index is 582. The van der Waals surface area contributed by atoms with E-state index in [1.807, 2.05) is 31.3 Å². The van der Waals surface area contributed by atoms with Crippen molar-refractivity contribution >= 4 is 11.6 Å². The summed E-state index contributed by atoms with van der Waals surface area (Å²) in [6.07, 6.45) is 0. The van der Waals surface area contributed by atoms with E-state index in [-0.39, 0.29) is 11.7 Å². The highest BCUT2D eigenvalue weighted by Gasteiger charge is 2.08. The molecule has 98 valence electrons. The van der Waals surface area contributed by atoms with Crippen molar-refractivity contribution in [3.63, 3.8) is 0 Å². The van der Waals surface area contributed by atoms with Crippen LogP contribution in [0.5, 0.6) is 5.75 Å². The lowest BCUT2D eigenvalue weighted by Crippen LogP contribution is -2.15. The van der Waals surface area contributed by atoms with Crippen molar-refractivity contribution in [3.05, 3.63) is 59.7 Å². The second-order valence-electron chi connectivity index (χ2n) is 4.19. The third kappa shape index (κ3) is 3.33. The number of amides is 1. The van der Waals surface area contributed by atoms with Gasteiger partial charge in [-0.25, -0.2) is 0 Å². The molecule has 2 aromatic carbocycles. The number of hydrogen-bond donors (Lipinski definition) is 3. The summed E-state index contributed by atoms with van der Waals surface area (Å²) in [5.41, 5.74) is 2.21. The maximum Gasteiger partial charge on any atom is 0.255 e. The number of aromatic hydroxyl groups is 1. The number of rotatable bonds is 4. The average molecular weight is 256 g/mol. The first-order chi connectivity index (χ1) is 9.20. The van der Waals surface area contributed by atoms with Gasteiger partial charge in [-0.05, 0) is 36.9 Å². The molecule has 0 bridgehead atoms. The zero-order chi connectivity index (χ0) is 13.7. The molecule has 0 unspecified atom stereocenters. The van der Waals surface area contributed by atoms with Crippen LogP contribution >= 0.6 is 0 Å². The summed E-state index contributed by atoms with van der Waals surface area (Å²) in [5, 5.41) is 15.3. The summed E-state index contributed by atoms with van der Waals surface area (Å²) >= 11 is 0. The Hall–Kier alpha value is -2.33. The molecular formula is C15H16N2O2. The van der Waals surface area contributed by atoms with Crippen molar-refractivity contribution in [2.45, 2.75) is 6.54 Å². The number of hydrogen-bond acceptors (Lipinski definition) is 3. The van der Waals surface area contributed by atoms with E-state index in [9.17, 15) is 9.90 Å². The standard InChI is InChI=1S/C15H16N2O2/c1-16-10-12-5-2-3-8-14(12)17-15(19)11-6-4-7-13(18)9-11/h2-9,16,18H,10H2,1H3,(H,17,19). The van der Waals surface area contributed by atoms with Gasteiger partial charge in [0.25, 0.3) is 5.91 Å². The van der Waals surface area contributed by atoms with E-state index in [4.69, 9.17) is 0 Å². The highest BCUT2D eigenvalue weighted by molar-refractivity contribution is 6.04. The molecule has 4 nitrogen and oxygen atoms in total. The van der Waals surface area contributed by atoms with Crippen LogP contribution in [0.1, 0.15) is 15.9 Å². The lowest BCUT2D eigenvalue weighted by atomic mass is 10.1. The maximum absolute atomic E-state index is 12.1. The third-order valence-electron chi connectivity index (χ3n) is 2.74. The molecule has 0 aliphatic carbocycles. The first-order valence-electron chi connectivity index (χ1n) is 6.03. The molecule has 2 aromatic rings. The maximum atomic E-state index is 12.1. The molecule has 0 radical (unpaired) electrons. The van der Waals surface area contributed by atoms with E-state index < -0.39 is 0 Å². The Balaban J connectivity index is 2.19. The normalized spacial score (nSPS) is 10.2. The number of carbonyl (C=O) groups is 1. The number of phenolic OH excluding ortho intramolecular Hbond substituents is 1. The number of carbonyl (C=O) groups excluding carboxylic acids is 1. The quantitative estimate of drug-likeness (QED) is 0.787. The smallest absolute Gasteiger partial charge is 0.255 e. The highest BCUT2D eigenvalue weighted by Crippen LogP contribution is 2.17. The van der Waals surface area contributed by atoms with Crippen LogP contribution in [0.15, 0.2) is 48.5 Å². The van der Waals surface area contributed by atoms with Crippen LogP contribution in [0.25, 0.3) is 0 Å². The Kier molecular flexibility index (Phi) is 4.15. The molecular weight excluding hydrogens is 240 g/mol. The molecule has 0 aromatic heterocycles. The van der Waals surface area contributed by atoms with Gasteiger partial charge in [0.2, 0.25) is 0 Å². The van der Waals surface area contributed by atoms with E-state index in [0.29, 0.717) is 12.1 Å². The Morgan fingerprint density at radius 3 is 2.68 bits per heavy atom. The van der Waals surface area contributed by atoms with Crippen molar-refractivity contribution in [3.8, 4) is 5.75 Å². The molecule has 2 rings (SSSR count). The summed E-state index contributed by atoms with van der Waals surface area (Å²) in [5.74, 6) is -0.157.